The van der Waals surface area contributed by atoms with Crippen LogP contribution in [0, 0.1) is 0 Å². The summed E-state index contributed by atoms with van der Waals surface area (Å²) in [6.07, 6.45) is 2.48. The highest BCUT2D eigenvalue weighted by molar-refractivity contribution is 5.94. The van der Waals surface area contributed by atoms with E-state index in [0.717, 1.165) is 5.57 Å². The minimum Gasteiger partial charge on any atom is -0.466 e. The van der Waals surface area contributed by atoms with Gasteiger partial charge < -0.3 is 9.57 Å². The molecule has 5 nitrogen and oxygen atoms in total. The second-order valence-electron chi connectivity index (χ2n) is 4.72. The minimum absolute atomic E-state index is 0.357. The predicted molar refractivity (Wildman–Crippen MR) is 78.2 cm³/mol. The lowest BCUT2D eigenvalue weighted by Gasteiger charge is -2.16. The number of allylic oxidation sites excluding steroid dienone is 2. The Kier molecular flexibility index (Phi) is 4.77. The van der Waals surface area contributed by atoms with Gasteiger partial charge in [-0.25, -0.2) is 15.1 Å². The number of nitrogens with one attached hydrogen (secondary N) is 1. The van der Waals surface area contributed by atoms with Crippen LogP contribution in [0.15, 0.2) is 53.1 Å². The summed E-state index contributed by atoms with van der Waals surface area (Å²) in [5.41, 5.74) is 5.26. The number of hydrogen-bond acceptors (Lipinski definition) is 5. The summed E-state index contributed by atoms with van der Waals surface area (Å²) in [5.74, 6) is -0.791. The Morgan fingerprint density at radius 1 is 1.14 bits per heavy atom. The minimum atomic E-state index is -0.434. The third-order valence-electron chi connectivity index (χ3n) is 3.25. The van der Waals surface area contributed by atoms with E-state index in [9.17, 15) is 9.59 Å². The van der Waals surface area contributed by atoms with Crippen LogP contribution < -0.4 is 5.48 Å². The summed E-state index contributed by atoms with van der Waals surface area (Å²) >= 11 is 0. The molecule has 0 bridgehead atoms. The molecule has 0 saturated carbocycles. The molecule has 1 aliphatic carbocycles. The first kappa shape index (κ1) is 14.8. The molecule has 0 fully saturated rings. The maximum Gasteiger partial charge on any atom is 0.359 e. The van der Waals surface area contributed by atoms with Crippen molar-refractivity contribution in [2.24, 2.45) is 0 Å². The second-order valence-corrected chi connectivity index (χ2v) is 4.72. The summed E-state index contributed by atoms with van der Waals surface area (Å²) in [5, 5.41) is 0. The molecule has 0 unspecified atom stereocenters. The highest BCUT2D eigenvalue weighted by Crippen LogP contribution is 2.26. The first-order chi connectivity index (χ1) is 10.1. The Hall–Kier alpha value is -2.56. The molecule has 1 aliphatic rings. The van der Waals surface area contributed by atoms with Crippen molar-refractivity contribution in [3.8, 4) is 0 Å². The fraction of sp³-hybridized carbons (Fsp3) is 0.250. The summed E-state index contributed by atoms with van der Waals surface area (Å²) in [6, 6.07) is 9.15. The number of ether oxygens (including phenoxy) is 1. The van der Waals surface area contributed by atoms with Gasteiger partial charge in [0.25, 0.3) is 0 Å². The summed E-state index contributed by atoms with van der Waals surface area (Å²) in [7, 11) is 1.34. The first-order valence-electron chi connectivity index (χ1n) is 6.60. The third-order valence-corrected chi connectivity index (χ3v) is 3.25. The summed E-state index contributed by atoms with van der Waals surface area (Å²) < 4.78 is 4.68. The molecule has 2 rings (SSSR count). The maximum atomic E-state index is 12.0. The van der Waals surface area contributed by atoms with E-state index in [-0.39, 0.29) is 5.97 Å². The molecule has 1 aromatic rings. The molecular formula is C16H17NO4. The Morgan fingerprint density at radius 2 is 1.86 bits per heavy atom. The van der Waals surface area contributed by atoms with Gasteiger partial charge in [-0.3, -0.25) is 0 Å². The van der Waals surface area contributed by atoms with Gasteiger partial charge in [0.1, 0.15) is 0 Å². The second kappa shape index (κ2) is 6.74. The van der Waals surface area contributed by atoms with Gasteiger partial charge in [-0.15, -0.1) is 0 Å². The van der Waals surface area contributed by atoms with E-state index in [0.29, 0.717) is 29.7 Å². The largest absolute Gasteiger partial charge is 0.466 e. The van der Waals surface area contributed by atoms with Crippen molar-refractivity contribution in [2.45, 2.75) is 19.8 Å². The van der Waals surface area contributed by atoms with Crippen molar-refractivity contribution >= 4 is 17.6 Å². The average molecular weight is 287 g/mol. The highest BCUT2D eigenvalue weighted by atomic mass is 16.7. The number of carbonyl (C=O) groups excluding carboxylic acids is 2. The number of methoxy groups -OCH3 is 1. The Balaban J connectivity index is 1.96. The van der Waals surface area contributed by atoms with Gasteiger partial charge in [0.05, 0.1) is 12.8 Å². The molecule has 0 aliphatic heterocycles. The quantitative estimate of drug-likeness (QED) is 0.681. The zero-order valence-electron chi connectivity index (χ0n) is 12.0. The Morgan fingerprint density at radius 3 is 2.48 bits per heavy atom. The monoisotopic (exact) mass is 287 g/mol. The van der Waals surface area contributed by atoms with Crippen LogP contribution in [-0.2, 0) is 19.2 Å². The number of benzene rings is 1. The Labute approximate surface area is 123 Å². The van der Waals surface area contributed by atoms with E-state index < -0.39 is 5.97 Å². The van der Waals surface area contributed by atoms with Gasteiger partial charge in [0.2, 0.25) is 0 Å². The Bertz CT molecular complexity index is 602. The van der Waals surface area contributed by atoms with Crippen molar-refractivity contribution in [3.05, 3.63) is 53.1 Å². The molecule has 0 heterocycles. The lowest BCUT2D eigenvalue weighted by molar-refractivity contribution is -0.137. The molecule has 0 radical (unpaired) electrons. The maximum absolute atomic E-state index is 12.0. The molecular weight excluding hydrogens is 270 g/mol. The topological polar surface area (TPSA) is 64.6 Å². The smallest absolute Gasteiger partial charge is 0.359 e. The molecule has 5 heteroatoms. The van der Waals surface area contributed by atoms with Crippen LogP contribution in [-0.4, -0.2) is 19.0 Å². The lowest BCUT2D eigenvalue weighted by atomic mass is 9.92. The van der Waals surface area contributed by atoms with Gasteiger partial charge in [-0.2, -0.15) is 0 Å². The molecule has 1 N–H and O–H groups in total. The van der Waals surface area contributed by atoms with E-state index in [4.69, 9.17) is 4.84 Å². The fourth-order valence-electron chi connectivity index (χ4n) is 2.08. The van der Waals surface area contributed by atoms with Crippen molar-refractivity contribution in [1.82, 2.24) is 0 Å². The van der Waals surface area contributed by atoms with Crippen molar-refractivity contribution < 1.29 is 19.2 Å². The number of esters is 1. The summed E-state index contributed by atoms with van der Waals surface area (Å²) in [6.45, 7) is 1.81. The zero-order valence-corrected chi connectivity index (χ0v) is 12.0. The number of anilines is 1. The summed E-state index contributed by atoms with van der Waals surface area (Å²) in [4.78, 5) is 28.6. The van der Waals surface area contributed by atoms with E-state index in [1.54, 1.807) is 18.2 Å². The average Bonchev–Trinajstić information content (AvgIpc) is 2.52. The number of carbonyl (C=O) groups is 2. The van der Waals surface area contributed by atoms with Gasteiger partial charge in [0, 0.05) is 17.6 Å². The van der Waals surface area contributed by atoms with Crippen molar-refractivity contribution in [3.63, 3.8) is 0 Å². The molecule has 0 aromatic heterocycles. The molecule has 110 valence electrons. The van der Waals surface area contributed by atoms with E-state index in [1.165, 1.54) is 7.11 Å². The van der Waals surface area contributed by atoms with Crippen LogP contribution in [0.3, 0.4) is 0 Å². The van der Waals surface area contributed by atoms with Crippen molar-refractivity contribution in [2.75, 3.05) is 12.6 Å². The van der Waals surface area contributed by atoms with Gasteiger partial charge in [-0.05, 0) is 25.5 Å². The molecule has 0 spiro atoms. The van der Waals surface area contributed by atoms with E-state index >= 15 is 0 Å². The van der Waals surface area contributed by atoms with Crippen LogP contribution in [0.1, 0.15) is 19.8 Å². The predicted octanol–water partition coefficient (Wildman–Crippen LogP) is 2.77. The van der Waals surface area contributed by atoms with Crippen LogP contribution in [0.2, 0.25) is 0 Å². The van der Waals surface area contributed by atoms with Crippen molar-refractivity contribution in [1.29, 1.82) is 0 Å². The van der Waals surface area contributed by atoms with Crippen LogP contribution in [0.4, 0.5) is 5.69 Å². The zero-order chi connectivity index (χ0) is 15.2. The van der Waals surface area contributed by atoms with Crippen LogP contribution in [0.5, 0.6) is 0 Å². The van der Waals surface area contributed by atoms with E-state index in [1.807, 2.05) is 25.1 Å². The van der Waals surface area contributed by atoms with Gasteiger partial charge in [0.15, 0.2) is 0 Å². The number of hydrogen-bond donors (Lipinski definition) is 1. The van der Waals surface area contributed by atoms with Gasteiger partial charge in [-0.1, -0.05) is 29.8 Å². The fourth-order valence-corrected chi connectivity index (χ4v) is 2.08. The molecule has 1 aromatic carbocycles. The van der Waals surface area contributed by atoms with Crippen LogP contribution in [0.25, 0.3) is 0 Å². The molecule has 0 amide bonds. The first-order valence-corrected chi connectivity index (χ1v) is 6.60. The van der Waals surface area contributed by atoms with Gasteiger partial charge >= 0.3 is 11.9 Å². The lowest BCUT2D eigenvalue weighted by Crippen LogP contribution is -2.17. The third kappa shape index (κ3) is 3.72. The van der Waals surface area contributed by atoms with Crippen LogP contribution >= 0.6 is 0 Å². The molecule has 0 atom stereocenters. The molecule has 0 saturated heterocycles. The SMILES string of the molecule is COC(=O)C1=CCC(C(=O)ONc2ccccc2)=C(C)C1. The highest BCUT2D eigenvalue weighted by Gasteiger charge is 2.22. The number of rotatable bonds is 4. The number of para-hydroxylation sites is 1. The van der Waals surface area contributed by atoms with E-state index in [2.05, 4.69) is 10.2 Å². The standard InChI is InChI=1S/C16H17NO4/c1-11-10-12(15(18)20-2)8-9-14(11)16(19)21-17-13-6-4-3-5-7-13/h3-8,17H,9-10H2,1-2H3. The molecule has 21 heavy (non-hydrogen) atoms. The normalized spacial score (nSPS) is 14.3.